The van der Waals surface area contributed by atoms with Gasteiger partial charge in [0.2, 0.25) is 0 Å². The van der Waals surface area contributed by atoms with Crippen molar-refractivity contribution in [3.8, 4) is 0 Å². The first kappa shape index (κ1) is 20.8. The topological polar surface area (TPSA) is 113 Å². The molecule has 3 N–H and O–H groups in total. The summed E-state index contributed by atoms with van der Waals surface area (Å²) in [5, 5.41) is 28.1. The Kier molecular flexibility index (Phi) is 9.97. The highest BCUT2D eigenvalue weighted by Gasteiger charge is 2.28. The Morgan fingerprint density at radius 3 is 1.59 bits per heavy atom. The molecule has 22 heavy (non-hydrogen) atoms. The molecule has 0 saturated heterocycles. The van der Waals surface area contributed by atoms with Crippen LogP contribution in [0.15, 0.2) is 0 Å². The van der Waals surface area contributed by atoms with Crippen LogP contribution in [0.2, 0.25) is 0 Å². The Hall–Kier alpha value is -1.18. The van der Waals surface area contributed by atoms with E-state index in [2.05, 4.69) is 0 Å². The summed E-state index contributed by atoms with van der Waals surface area (Å²) in [4.78, 5) is 23.0. The molecular formula is C15H28O7. The lowest BCUT2D eigenvalue weighted by Crippen LogP contribution is -2.35. The lowest BCUT2D eigenvalue weighted by Gasteiger charge is -2.26. The van der Waals surface area contributed by atoms with Crippen molar-refractivity contribution in [1.29, 1.82) is 0 Å². The molecule has 2 atom stereocenters. The van der Waals surface area contributed by atoms with E-state index in [1.807, 2.05) is 0 Å². The first-order valence-electron chi connectivity index (χ1n) is 7.54. The third-order valence-electron chi connectivity index (χ3n) is 3.29. The second-order valence-corrected chi connectivity index (χ2v) is 5.82. The first-order valence-corrected chi connectivity index (χ1v) is 7.54. The normalized spacial score (nSPS) is 16.5. The molecule has 0 radical (unpaired) electrons. The van der Waals surface area contributed by atoms with Crippen LogP contribution in [0, 0.1) is 5.41 Å². The summed E-state index contributed by atoms with van der Waals surface area (Å²) < 4.78 is 10.0. The van der Waals surface area contributed by atoms with Crippen LogP contribution in [0.3, 0.4) is 0 Å². The largest absolute Gasteiger partial charge is 0.465 e. The zero-order valence-corrected chi connectivity index (χ0v) is 13.6. The minimum Gasteiger partial charge on any atom is -0.465 e. The van der Waals surface area contributed by atoms with Crippen molar-refractivity contribution in [3.63, 3.8) is 0 Å². The summed E-state index contributed by atoms with van der Waals surface area (Å²) in [5.41, 5.74) is -0.917. The molecule has 7 heteroatoms. The maximum atomic E-state index is 11.5. The Morgan fingerprint density at radius 1 is 0.955 bits per heavy atom. The van der Waals surface area contributed by atoms with Gasteiger partial charge in [0.15, 0.2) is 0 Å². The van der Waals surface area contributed by atoms with Crippen LogP contribution >= 0.6 is 0 Å². The summed E-state index contributed by atoms with van der Waals surface area (Å²) >= 11 is 0. The van der Waals surface area contributed by atoms with Crippen LogP contribution in [0.25, 0.3) is 0 Å². The number of aliphatic hydroxyl groups is 3. The minimum absolute atomic E-state index is 0.111. The molecule has 0 aliphatic carbocycles. The van der Waals surface area contributed by atoms with E-state index in [1.165, 1.54) is 0 Å². The summed E-state index contributed by atoms with van der Waals surface area (Å²) in [6.45, 7) is 4.53. The third-order valence-corrected chi connectivity index (χ3v) is 3.29. The van der Waals surface area contributed by atoms with Gasteiger partial charge in [-0.1, -0.05) is 20.8 Å². The van der Waals surface area contributed by atoms with Crippen LogP contribution in [0.5, 0.6) is 0 Å². The van der Waals surface area contributed by atoms with Gasteiger partial charge in [-0.3, -0.25) is 9.59 Å². The lowest BCUT2D eigenvalue weighted by atomic mass is 9.94. The van der Waals surface area contributed by atoms with Gasteiger partial charge < -0.3 is 24.8 Å². The molecule has 7 nitrogen and oxygen atoms in total. The van der Waals surface area contributed by atoms with Crippen molar-refractivity contribution in [3.05, 3.63) is 0 Å². The van der Waals surface area contributed by atoms with Gasteiger partial charge in [0.1, 0.15) is 13.2 Å². The standard InChI is InChI=1S/C15H28O7/c1-4-11(17)6-13(19)21-9-15(3,8-16)10-22-14(20)7-12(18)5-2/h11-12,16-18H,4-10H2,1-3H3. The molecule has 0 saturated carbocycles. The Labute approximate surface area is 131 Å². The third kappa shape index (κ3) is 8.96. The monoisotopic (exact) mass is 320 g/mol. The van der Waals surface area contributed by atoms with Crippen molar-refractivity contribution in [2.24, 2.45) is 5.41 Å². The molecular weight excluding hydrogens is 292 g/mol. The molecule has 0 heterocycles. The highest BCUT2D eigenvalue weighted by Crippen LogP contribution is 2.18. The summed E-state index contributed by atoms with van der Waals surface area (Å²) in [6, 6.07) is 0. The van der Waals surface area contributed by atoms with Crippen molar-refractivity contribution < 1.29 is 34.4 Å². The molecule has 130 valence electrons. The fraction of sp³-hybridized carbons (Fsp3) is 0.867. The highest BCUT2D eigenvalue weighted by molar-refractivity contribution is 5.70. The van der Waals surface area contributed by atoms with E-state index in [9.17, 15) is 24.9 Å². The van der Waals surface area contributed by atoms with Gasteiger partial charge in [-0.15, -0.1) is 0 Å². The Bertz CT molecular complexity index is 315. The summed E-state index contributed by atoms with van der Waals surface area (Å²) in [6.07, 6.45) is -0.823. The number of carbonyl (C=O) groups excluding carboxylic acids is 2. The SMILES string of the molecule is CCC(O)CC(=O)OCC(C)(CO)COC(=O)CC(O)CC. The van der Waals surface area contributed by atoms with Gasteiger partial charge >= 0.3 is 11.9 Å². The predicted molar refractivity (Wildman–Crippen MR) is 78.9 cm³/mol. The maximum absolute atomic E-state index is 11.5. The number of rotatable bonds is 11. The Balaban J connectivity index is 4.23. The number of aliphatic hydroxyl groups excluding tert-OH is 3. The van der Waals surface area contributed by atoms with Crippen molar-refractivity contribution >= 4 is 11.9 Å². The van der Waals surface area contributed by atoms with Gasteiger partial charge in [-0.05, 0) is 12.8 Å². The number of ether oxygens (including phenoxy) is 2. The number of hydrogen-bond acceptors (Lipinski definition) is 7. The van der Waals surface area contributed by atoms with E-state index in [0.29, 0.717) is 12.8 Å². The van der Waals surface area contributed by atoms with Gasteiger partial charge in [0.25, 0.3) is 0 Å². The smallest absolute Gasteiger partial charge is 0.308 e. The molecule has 0 amide bonds. The Morgan fingerprint density at radius 2 is 1.32 bits per heavy atom. The van der Waals surface area contributed by atoms with Gasteiger partial charge in [-0.25, -0.2) is 0 Å². The van der Waals surface area contributed by atoms with Gasteiger partial charge in [-0.2, -0.15) is 0 Å². The van der Waals surface area contributed by atoms with E-state index in [-0.39, 0.29) is 32.7 Å². The van der Waals surface area contributed by atoms with Gasteiger partial charge in [0.05, 0.1) is 37.1 Å². The van der Waals surface area contributed by atoms with Crippen LogP contribution in [0.1, 0.15) is 46.5 Å². The second-order valence-electron chi connectivity index (χ2n) is 5.82. The molecule has 0 aliphatic heterocycles. The van der Waals surface area contributed by atoms with E-state index in [1.54, 1.807) is 20.8 Å². The average molecular weight is 320 g/mol. The summed E-state index contributed by atoms with van der Waals surface area (Å²) in [5.74, 6) is -1.14. The molecule has 0 aromatic rings. The van der Waals surface area contributed by atoms with Crippen molar-refractivity contribution in [1.82, 2.24) is 0 Å². The van der Waals surface area contributed by atoms with Crippen molar-refractivity contribution in [2.75, 3.05) is 19.8 Å². The fourth-order valence-electron chi connectivity index (χ4n) is 1.43. The minimum atomic E-state index is -0.917. The maximum Gasteiger partial charge on any atom is 0.308 e. The van der Waals surface area contributed by atoms with E-state index < -0.39 is 29.6 Å². The van der Waals surface area contributed by atoms with Crippen molar-refractivity contribution in [2.45, 2.75) is 58.7 Å². The van der Waals surface area contributed by atoms with Crippen LogP contribution in [0.4, 0.5) is 0 Å². The van der Waals surface area contributed by atoms with Crippen LogP contribution in [-0.2, 0) is 19.1 Å². The predicted octanol–water partition coefficient (Wildman–Crippen LogP) is 0.393. The van der Waals surface area contributed by atoms with E-state index in [4.69, 9.17) is 9.47 Å². The number of esters is 2. The molecule has 0 aliphatic rings. The number of carbonyl (C=O) groups is 2. The molecule has 2 unspecified atom stereocenters. The van der Waals surface area contributed by atoms with E-state index in [0.717, 1.165) is 0 Å². The van der Waals surface area contributed by atoms with Crippen LogP contribution < -0.4 is 0 Å². The first-order chi connectivity index (χ1) is 10.3. The van der Waals surface area contributed by atoms with Gasteiger partial charge in [0, 0.05) is 0 Å². The average Bonchev–Trinajstić information content (AvgIpc) is 2.50. The molecule has 0 rings (SSSR count). The number of hydrogen-bond donors (Lipinski definition) is 3. The molecule has 0 aromatic carbocycles. The molecule has 0 bridgehead atoms. The molecule has 0 aromatic heterocycles. The molecule has 0 fully saturated rings. The lowest BCUT2D eigenvalue weighted by molar-refractivity contribution is -0.157. The van der Waals surface area contributed by atoms with E-state index >= 15 is 0 Å². The zero-order valence-electron chi connectivity index (χ0n) is 13.6. The van der Waals surface area contributed by atoms with Crippen LogP contribution in [-0.4, -0.2) is 59.3 Å². The summed E-state index contributed by atoms with van der Waals surface area (Å²) in [7, 11) is 0. The fourth-order valence-corrected chi connectivity index (χ4v) is 1.43. The highest BCUT2D eigenvalue weighted by atomic mass is 16.5. The zero-order chi connectivity index (χ0) is 17.2. The molecule has 0 spiro atoms. The second kappa shape index (κ2) is 10.5. The quantitative estimate of drug-likeness (QED) is 0.472.